The second kappa shape index (κ2) is 14.0. The summed E-state index contributed by atoms with van der Waals surface area (Å²) in [5, 5.41) is 0. The van der Waals surface area contributed by atoms with Gasteiger partial charge in [0.05, 0.1) is 11.0 Å². The van der Waals surface area contributed by atoms with Crippen LogP contribution in [0.5, 0.6) is 5.75 Å². The lowest BCUT2D eigenvalue weighted by Gasteiger charge is -2.15. The van der Waals surface area contributed by atoms with E-state index in [-0.39, 0.29) is 6.10 Å². The molecule has 0 amide bonds. The normalized spacial score (nSPS) is 12.9. The number of sulfonamides is 1. The predicted molar refractivity (Wildman–Crippen MR) is 114 cm³/mol. The summed E-state index contributed by atoms with van der Waals surface area (Å²) in [7, 11) is -3.41. The number of rotatable bonds is 16. The summed E-state index contributed by atoms with van der Waals surface area (Å²) in [5.41, 5.74) is 0. The van der Waals surface area contributed by atoms with E-state index in [4.69, 9.17) is 4.74 Å². The van der Waals surface area contributed by atoms with Crippen molar-refractivity contribution >= 4 is 10.0 Å². The Morgan fingerprint density at radius 2 is 1.41 bits per heavy atom. The molecule has 0 spiro atoms. The first-order valence-corrected chi connectivity index (χ1v) is 12.2. The number of benzene rings is 1. The maximum atomic E-state index is 12.2. The summed E-state index contributed by atoms with van der Waals surface area (Å²) >= 11 is 0. The summed E-state index contributed by atoms with van der Waals surface area (Å²) in [5.74, 6) is 0.731. The van der Waals surface area contributed by atoms with Gasteiger partial charge in [0.1, 0.15) is 5.75 Å². The Labute approximate surface area is 167 Å². The van der Waals surface area contributed by atoms with Crippen LogP contribution < -0.4 is 9.46 Å². The van der Waals surface area contributed by atoms with Gasteiger partial charge in [0, 0.05) is 6.54 Å². The maximum absolute atomic E-state index is 12.2. The van der Waals surface area contributed by atoms with E-state index in [2.05, 4.69) is 18.6 Å². The summed E-state index contributed by atoms with van der Waals surface area (Å²) < 4.78 is 32.9. The van der Waals surface area contributed by atoms with Gasteiger partial charge in [-0.2, -0.15) is 0 Å². The molecule has 0 bridgehead atoms. The van der Waals surface area contributed by atoms with E-state index in [1.165, 1.54) is 51.4 Å². The summed E-state index contributed by atoms with van der Waals surface area (Å²) in [6, 6.07) is 6.73. The van der Waals surface area contributed by atoms with Gasteiger partial charge < -0.3 is 4.74 Å². The summed E-state index contributed by atoms with van der Waals surface area (Å²) in [6.45, 7) is 6.85. The van der Waals surface area contributed by atoms with Gasteiger partial charge in [-0.05, 0) is 50.5 Å². The molecule has 0 aliphatic carbocycles. The fourth-order valence-electron chi connectivity index (χ4n) is 3.02. The van der Waals surface area contributed by atoms with Crippen LogP contribution >= 0.6 is 0 Å². The Balaban J connectivity index is 2.27. The molecular weight excluding hydrogens is 358 g/mol. The van der Waals surface area contributed by atoms with E-state index in [9.17, 15) is 8.42 Å². The van der Waals surface area contributed by atoms with Gasteiger partial charge in [0.2, 0.25) is 10.0 Å². The van der Waals surface area contributed by atoms with Gasteiger partial charge in [-0.1, -0.05) is 65.2 Å². The number of unbranched alkanes of at least 4 members (excludes halogenated alkanes) is 8. The number of hydrogen-bond donors (Lipinski definition) is 1. The second-order valence-electron chi connectivity index (χ2n) is 7.41. The highest BCUT2D eigenvalue weighted by Gasteiger charge is 2.13. The molecule has 4 nitrogen and oxygen atoms in total. The van der Waals surface area contributed by atoms with Gasteiger partial charge in [-0.3, -0.25) is 0 Å². The molecule has 0 saturated carbocycles. The topological polar surface area (TPSA) is 55.4 Å². The van der Waals surface area contributed by atoms with E-state index in [1.807, 2.05) is 6.92 Å². The SMILES string of the molecule is CCCCCCCCCCC(C)Oc1ccc(S(=O)(=O)NCCCC)cc1. The quantitative estimate of drug-likeness (QED) is 0.345. The molecule has 1 rings (SSSR count). The van der Waals surface area contributed by atoms with Crippen molar-refractivity contribution in [2.45, 2.75) is 102 Å². The third-order valence-corrected chi connectivity index (χ3v) is 6.23. The summed E-state index contributed by atoms with van der Waals surface area (Å²) in [4.78, 5) is 0.293. The van der Waals surface area contributed by atoms with Crippen LogP contribution in [0.2, 0.25) is 0 Å². The van der Waals surface area contributed by atoms with Crippen molar-refractivity contribution in [2.75, 3.05) is 6.54 Å². The highest BCUT2D eigenvalue weighted by molar-refractivity contribution is 7.89. The zero-order valence-corrected chi connectivity index (χ0v) is 18.3. The molecule has 1 atom stereocenters. The predicted octanol–water partition coefficient (Wildman–Crippen LogP) is 6.06. The van der Waals surface area contributed by atoms with Gasteiger partial charge in [0.25, 0.3) is 0 Å². The molecule has 0 saturated heterocycles. The molecule has 1 aromatic rings. The van der Waals surface area contributed by atoms with Crippen molar-refractivity contribution in [1.29, 1.82) is 0 Å². The van der Waals surface area contributed by atoms with Crippen LogP contribution in [0.3, 0.4) is 0 Å². The molecular formula is C22H39NO3S. The third-order valence-electron chi connectivity index (χ3n) is 4.76. The van der Waals surface area contributed by atoms with Crippen LogP contribution in [0.25, 0.3) is 0 Å². The fourth-order valence-corrected chi connectivity index (χ4v) is 4.10. The zero-order chi connectivity index (χ0) is 20.0. The lowest BCUT2D eigenvalue weighted by molar-refractivity contribution is 0.206. The highest BCUT2D eigenvalue weighted by atomic mass is 32.2. The molecule has 0 heterocycles. The van der Waals surface area contributed by atoms with Crippen LogP contribution in [0.1, 0.15) is 91.4 Å². The molecule has 0 aliphatic heterocycles. The van der Waals surface area contributed by atoms with Crippen LogP contribution in [0.15, 0.2) is 29.2 Å². The number of hydrogen-bond acceptors (Lipinski definition) is 3. The molecule has 27 heavy (non-hydrogen) atoms. The van der Waals surface area contributed by atoms with Crippen molar-refractivity contribution in [2.24, 2.45) is 0 Å². The average Bonchev–Trinajstić information content (AvgIpc) is 2.64. The van der Waals surface area contributed by atoms with E-state index in [0.29, 0.717) is 11.4 Å². The Morgan fingerprint density at radius 1 is 0.852 bits per heavy atom. The van der Waals surface area contributed by atoms with Crippen LogP contribution in [-0.2, 0) is 10.0 Å². The first-order chi connectivity index (χ1) is 13.0. The molecule has 1 unspecified atom stereocenters. The lowest BCUT2D eigenvalue weighted by Crippen LogP contribution is -2.24. The summed E-state index contributed by atoms with van der Waals surface area (Å²) in [6.07, 6.45) is 13.5. The average molecular weight is 398 g/mol. The monoisotopic (exact) mass is 397 g/mol. The molecule has 1 N–H and O–H groups in total. The fraction of sp³-hybridized carbons (Fsp3) is 0.727. The Bertz CT molecular complexity index is 584. The molecule has 0 fully saturated rings. The smallest absolute Gasteiger partial charge is 0.240 e. The van der Waals surface area contributed by atoms with Crippen LogP contribution in [-0.4, -0.2) is 21.1 Å². The van der Waals surface area contributed by atoms with Gasteiger partial charge in [-0.25, -0.2) is 13.1 Å². The standard InChI is InChI=1S/C22H39NO3S/c1-4-6-8-9-10-11-12-13-14-20(3)26-21-15-17-22(18-16-21)27(24,25)23-19-7-5-2/h15-18,20,23H,4-14,19H2,1-3H3. The molecule has 0 aromatic heterocycles. The second-order valence-corrected chi connectivity index (χ2v) is 9.18. The van der Waals surface area contributed by atoms with Crippen molar-refractivity contribution in [3.63, 3.8) is 0 Å². The zero-order valence-electron chi connectivity index (χ0n) is 17.5. The Hall–Kier alpha value is -1.07. The Kier molecular flexibility index (Phi) is 12.4. The minimum atomic E-state index is -3.41. The van der Waals surface area contributed by atoms with Gasteiger partial charge in [-0.15, -0.1) is 0 Å². The Morgan fingerprint density at radius 3 is 2.00 bits per heavy atom. The van der Waals surface area contributed by atoms with Crippen molar-refractivity contribution < 1.29 is 13.2 Å². The first-order valence-electron chi connectivity index (χ1n) is 10.8. The molecule has 1 aromatic carbocycles. The number of ether oxygens (including phenoxy) is 1. The maximum Gasteiger partial charge on any atom is 0.240 e. The van der Waals surface area contributed by atoms with E-state index in [0.717, 1.165) is 25.0 Å². The lowest BCUT2D eigenvalue weighted by atomic mass is 10.1. The van der Waals surface area contributed by atoms with Gasteiger partial charge >= 0.3 is 0 Å². The van der Waals surface area contributed by atoms with Crippen molar-refractivity contribution in [1.82, 2.24) is 4.72 Å². The third kappa shape index (κ3) is 10.7. The molecule has 0 aliphatic rings. The van der Waals surface area contributed by atoms with E-state index in [1.54, 1.807) is 24.3 Å². The van der Waals surface area contributed by atoms with Crippen LogP contribution in [0.4, 0.5) is 0 Å². The van der Waals surface area contributed by atoms with Crippen molar-refractivity contribution in [3.8, 4) is 5.75 Å². The van der Waals surface area contributed by atoms with E-state index >= 15 is 0 Å². The molecule has 156 valence electrons. The van der Waals surface area contributed by atoms with E-state index < -0.39 is 10.0 Å². The molecule has 0 radical (unpaired) electrons. The largest absolute Gasteiger partial charge is 0.491 e. The number of nitrogens with one attached hydrogen (secondary N) is 1. The molecule has 5 heteroatoms. The van der Waals surface area contributed by atoms with Crippen molar-refractivity contribution in [3.05, 3.63) is 24.3 Å². The first kappa shape index (κ1) is 24.0. The minimum Gasteiger partial charge on any atom is -0.491 e. The van der Waals surface area contributed by atoms with Gasteiger partial charge in [0.15, 0.2) is 0 Å². The highest BCUT2D eigenvalue weighted by Crippen LogP contribution is 2.19. The van der Waals surface area contributed by atoms with Crippen LogP contribution in [0, 0.1) is 0 Å². The minimum absolute atomic E-state index is 0.148.